The van der Waals surface area contributed by atoms with Gasteiger partial charge in [-0.2, -0.15) is 0 Å². The summed E-state index contributed by atoms with van der Waals surface area (Å²) < 4.78 is 33.7. The van der Waals surface area contributed by atoms with Gasteiger partial charge in [0, 0.05) is 23.7 Å². The summed E-state index contributed by atoms with van der Waals surface area (Å²) in [6.07, 6.45) is 1.30. The van der Waals surface area contributed by atoms with Crippen LogP contribution in [0.15, 0.2) is 48.5 Å². The van der Waals surface area contributed by atoms with E-state index in [1.54, 1.807) is 17.0 Å². The first-order valence-corrected chi connectivity index (χ1v) is 8.49. The lowest BCUT2D eigenvalue weighted by molar-refractivity contribution is -0.112. The van der Waals surface area contributed by atoms with E-state index in [0.717, 1.165) is 12.5 Å². The Morgan fingerprint density at radius 2 is 1.96 bits per heavy atom. The number of halogens is 2. The van der Waals surface area contributed by atoms with Crippen LogP contribution in [0, 0.1) is 11.6 Å². The van der Waals surface area contributed by atoms with E-state index in [4.69, 9.17) is 4.74 Å². The molecule has 132 valence electrons. The number of carbonyl (C=O) groups excluding carboxylic acids is 1. The predicted octanol–water partition coefficient (Wildman–Crippen LogP) is 4.13. The third-order valence-corrected chi connectivity index (χ3v) is 4.57. The monoisotopic (exact) mass is 345 g/mol. The van der Waals surface area contributed by atoms with Crippen LogP contribution >= 0.6 is 0 Å². The summed E-state index contributed by atoms with van der Waals surface area (Å²) in [5.74, 6) is -1.37. The maximum Gasteiger partial charge on any atom is 0.254 e. The maximum absolute atomic E-state index is 14.4. The average molecular weight is 345 g/mol. The van der Waals surface area contributed by atoms with E-state index in [1.165, 1.54) is 12.1 Å². The number of morpholine rings is 1. The molecular weight excluding hydrogens is 324 g/mol. The Morgan fingerprint density at radius 1 is 1.20 bits per heavy atom. The molecule has 0 bridgehead atoms. The van der Waals surface area contributed by atoms with E-state index in [9.17, 15) is 13.6 Å². The van der Waals surface area contributed by atoms with Crippen molar-refractivity contribution in [1.29, 1.82) is 0 Å². The van der Waals surface area contributed by atoms with Crippen LogP contribution in [0.4, 0.5) is 8.78 Å². The summed E-state index contributed by atoms with van der Waals surface area (Å²) in [5, 5.41) is 0. The van der Waals surface area contributed by atoms with Crippen LogP contribution in [-0.4, -0.2) is 30.5 Å². The van der Waals surface area contributed by atoms with Gasteiger partial charge in [-0.05, 0) is 24.6 Å². The van der Waals surface area contributed by atoms with Crippen molar-refractivity contribution < 1.29 is 18.3 Å². The summed E-state index contributed by atoms with van der Waals surface area (Å²) >= 11 is 0. The number of amides is 1. The summed E-state index contributed by atoms with van der Waals surface area (Å²) in [6, 6.07) is 12.5. The topological polar surface area (TPSA) is 29.5 Å². The van der Waals surface area contributed by atoms with Crippen LogP contribution in [-0.2, 0) is 10.3 Å². The molecule has 0 saturated carbocycles. The number of hydrogen-bond acceptors (Lipinski definition) is 2. The van der Waals surface area contributed by atoms with Crippen LogP contribution in [0.3, 0.4) is 0 Å². The number of rotatable bonds is 4. The molecule has 0 aliphatic carbocycles. The molecule has 0 aromatic heterocycles. The highest BCUT2D eigenvalue weighted by molar-refractivity contribution is 5.94. The van der Waals surface area contributed by atoms with E-state index >= 15 is 0 Å². The fraction of sp³-hybridized carbons (Fsp3) is 0.350. The number of nitrogens with zero attached hydrogens (tertiary/aromatic N) is 1. The molecule has 1 heterocycles. The molecule has 0 spiro atoms. The van der Waals surface area contributed by atoms with Crippen molar-refractivity contribution in [2.24, 2.45) is 0 Å². The molecule has 1 aliphatic heterocycles. The number of ether oxygens (including phenoxy) is 1. The van der Waals surface area contributed by atoms with Crippen molar-refractivity contribution >= 4 is 5.91 Å². The Bertz CT molecular complexity index is 747. The minimum absolute atomic E-state index is 0.105. The largest absolute Gasteiger partial charge is 0.366 e. The van der Waals surface area contributed by atoms with Gasteiger partial charge in [0.15, 0.2) is 0 Å². The molecular formula is C20H21F2NO2. The Balaban J connectivity index is 1.93. The molecule has 1 amide bonds. The Morgan fingerprint density at radius 3 is 2.64 bits per heavy atom. The second-order valence-electron chi connectivity index (χ2n) is 6.31. The molecule has 2 aromatic carbocycles. The second kappa shape index (κ2) is 7.31. The third kappa shape index (κ3) is 3.56. The van der Waals surface area contributed by atoms with Gasteiger partial charge in [0.05, 0.1) is 13.2 Å². The van der Waals surface area contributed by atoms with E-state index < -0.39 is 17.2 Å². The van der Waals surface area contributed by atoms with Gasteiger partial charge < -0.3 is 9.64 Å². The van der Waals surface area contributed by atoms with E-state index in [-0.39, 0.29) is 12.5 Å². The molecule has 3 rings (SSSR count). The zero-order chi connectivity index (χ0) is 17.9. The average Bonchev–Trinajstić information content (AvgIpc) is 2.62. The standard InChI is InChI=1S/C20H21F2NO2/c1-2-10-20(17-9-8-16(21)13-18(17)22)14-23(11-12-25-20)19(24)15-6-4-3-5-7-15/h3-9,13H,2,10-12,14H2,1H3/t20-/m1/s1. The summed E-state index contributed by atoms with van der Waals surface area (Å²) in [7, 11) is 0. The first-order chi connectivity index (χ1) is 12.1. The van der Waals surface area contributed by atoms with Crippen molar-refractivity contribution in [3.8, 4) is 0 Å². The number of hydrogen-bond donors (Lipinski definition) is 0. The highest BCUT2D eigenvalue weighted by Crippen LogP contribution is 2.36. The minimum atomic E-state index is -0.949. The molecule has 2 aromatic rings. The van der Waals surface area contributed by atoms with Gasteiger partial charge in [-0.15, -0.1) is 0 Å². The van der Waals surface area contributed by atoms with Crippen LogP contribution in [0.25, 0.3) is 0 Å². The van der Waals surface area contributed by atoms with Crippen molar-refractivity contribution in [3.63, 3.8) is 0 Å². The summed E-state index contributed by atoms with van der Waals surface area (Å²) in [6.45, 7) is 2.99. The highest BCUT2D eigenvalue weighted by Gasteiger charge is 2.41. The molecule has 0 unspecified atom stereocenters. The zero-order valence-electron chi connectivity index (χ0n) is 14.2. The molecule has 1 saturated heterocycles. The SMILES string of the molecule is CCC[C@]1(c2ccc(F)cc2F)CN(C(=O)c2ccccc2)CCO1. The smallest absolute Gasteiger partial charge is 0.254 e. The van der Waals surface area contributed by atoms with Crippen molar-refractivity contribution in [2.75, 3.05) is 19.7 Å². The Labute approximate surface area is 146 Å². The van der Waals surface area contributed by atoms with Crippen LogP contribution < -0.4 is 0 Å². The molecule has 1 atom stereocenters. The first-order valence-electron chi connectivity index (χ1n) is 8.49. The molecule has 0 radical (unpaired) electrons. The molecule has 3 nitrogen and oxygen atoms in total. The Hall–Kier alpha value is -2.27. The second-order valence-corrected chi connectivity index (χ2v) is 6.31. The number of benzene rings is 2. The van der Waals surface area contributed by atoms with E-state index in [2.05, 4.69) is 0 Å². The lowest BCUT2D eigenvalue weighted by Gasteiger charge is -2.43. The molecule has 1 fully saturated rings. The van der Waals surface area contributed by atoms with Crippen molar-refractivity contribution in [2.45, 2.75) is 25.4 Å². The maximum atomic E-state index is 14.4. The van der Waals surface area contributed by atoms with E-state index in [1.807, 2.05) is 25.1 Å². The van der Waals surface area contributed by atoms with Crippen molar-refractivity contribution in [3.05, 3.63) is 71.3 Å². The van der Waals surface area contributed by atoms with Gasteiger partial charge in [0.25, 0.3) is 5.91 Å². The summed E-state index contributed by atoms with van der Waals surface area (Å²) in [5.41, 5.74) is -0.0504. The van der Waals surface area contributed by atoms with Gasteiger partial charge in [-0.3, -0.25) is 4.79 Å². The summed E-state index contributed by atoms with van der Waals surface area (Å²) in [4.78, 5) is 14.5. The van der Waals surface area contributed by atoms with Gasteiger partial charge >= 0.3 is 0 Å². The molecule has 5 heteroatoms. The minimum Gasteiger partial charge on any atom is -0.366 e. The van der Waals surface area contributed by atoms with Gasteiger partial charge in [-0.1, -0.05) is 37.6 Å². The van der Waals surface area contributed by atoms with Crippen LogP contribution in [0.1, 0.15) is 35.7 Å². The van der Waals surface area contributed by atoms with Gasteiger partial charge in [0.2, 0.25) is 0 Å². The lowest BCUT2D eigenvalue weighted by Crippen LogP contribution is -2.52. The van der Waals surface area contributed by atoms with Crippen LogP contribution in [0.2, 0.25) is 0 Å². The van der Waals surface area contributed by atoms with E-state index in [0.29, 0.717) is 30.7 Å². The Kier molecular flexibility index (Phi) is 5.13. The highest BCUT2D eigenvalue weighted by atomic mass is 19.1. The van der Waals surface area contributed by atoms with Crippen LogP contribution in [0.5, 0.6) is 0 Å². The molecule has 1 aliphatic rings. The van der Waals surface area contributed by atoms with Gasteiger partial charge in [-0.25, -0.2) is 8.78 Å². The molecule has 0 N–H and O–H groups in total. The fourth-order valence-corrected chi connectivity index (χ4v) is 3.43. The number of carbonyl (C=O) groups is 1. The normalized spacial score (nSPS) is 20.5. The first kappa shape index (κ1) is 17.5. The lowest BCUT2D eigenvalue weighted by atomic mass is 9.86. The molecule has 25 heavy (non-hydrogen) atoms. The zero-order valence-corrected chi connectivity index (χ0v) is 14.2. The van der Waals surface area contributed by atoms with Crippen molar-refractivity contribution in [1.82, 2.24) is 4.90 Å². The third-order valence-electron chi connectivity index (χ3n) is 4.57. The van der Waals surface area contributed by atoms with Gasteiger partial charge in [0.1, 0.15) is 17.2 Å². The fourth-order valence-electron chi connectivity index (χ4n) is 3.43. The quantitative estimate of drug-likeness (QED) is 0.834. The predicted molar refractivity (Wildman–Crippen MR) is 91.2 cm³/mol.